The summed E-state index contributed by atoms with van der Waals surface area (Å²) in [6, 6.07) is 5.71. The molecule has 0 unspecified atom stereocenters. The van der Waals surface area contributed by atoms with Gasteiger partial charge in [0, 0.05) is 11.7 Å². The standard InChI is InChI=1S/C13H18ClN3O/c14-11-7-9(15)5-6-12(11)17(8-13(16)18)10-3-1-2-4-10/h5-7,10H,1-4,8,15H2,(H2,16,18). The topological polar surface area (TPSA) is 72.4 Å². The van der Waals surface area contributed by atoms with E-state index in [2.05, 4.69) is 0 Å². The molecule has 1 aliphatic rings. The van der Waals surface area contributed by atoms with E-state index in [1.165, 1.54) is 12.8 Å². The molecule has 1 aromatic carbocycles. The summed E-state index contributed by atoms with van der Waals surface area (Å²) >= 11 is 6.21. The number of halogens is 1. The zero-order valence-electron chi connectivity index (χ0n) is 10.2. The van der Waals surface area contributed by atoms with Gasteiger partial charge in [-0.2, -0.15) is 0 Å². The van der Waals surface area contributed by atoms with Crippen LogP contribution in [-0.4, -0.2) is 18.5 Å². The number of carbonyl (C=O) groups is 1. The number of benzene rings is 1. The molecule has 4 nitrogen and oxygen atoms in total. The highest BCUT2D eigenvalue weighted by atomic mass is 35.5. The van der Waals surface area contributed by atoms with Crippen molar-refractivity contribution in [1.82, 2.24) is 0 Å². The van der Waals surface area contributed by atoms with Crippen LogP contribution in [-0.2, 0) is 4.79 Å². The van der Waals surface area contributed by atoms with E-state index in [1.807, 2.05) is 11.0 Å². The van der Waals surface area contributed by atoms with Crippen molar-refractivity contribution in [2.75, 3.05) is 17.2 Å². The highest BCUT2D eigenvalue weighted by Gasteiger charge is 2.25. The minimum absolute atomic E-state index is 0.203. The maximum atomic E-state index is 11.2. The molecule has 5 heteroatoms. The van der Waals surface area contributed by atoms with Crippen molar-refractivity contribution < 1.29 is 4.79 Å². The van der Waals surface area contributed by atoms with Crippen molar-refractivity contribution in [3.63, 3.8) is 0 Å². The average Bonchev–Trinajstić information content (AvgIpc) is 2.79. The van der Waals surface area contributed by atoms with E-state index in [4.69, 9.17) is 23.1 Å². The minimum atomic E-state index is -0.338. The maximum Gasteiger partial charge on any atom is 0.236 e. The van der Waals surface area contributed by atoms with Gasteiger partial charge in [0.15, 0.2) is 0 Å². The molecule has 0 heterocycles. The lowest BCUT2D eigenvalue weighted by Crippen LogP contribution is -2.40. The summed E-state index contributed by atoms with van der Waals surface area (Å²) in [6.07, 6.45) is 4.53. The lowest BCUT2D eigenvalue weighted by Gasteiger charge is -2.30. The van der Waals surface area contributed by atoms with E-state index in [0.29, 0.717) is 16.8 Å². The minimum Gasteiger partial charge on any atom is -0.399 e. The Balaban J connectivity index is 2.29. The molecule has 2 rings (SSSR count). The number of hydrogen-bond acceptors (Lipinski definition) is 3. The molecule has 1 aromatic rings. The lowest BCUT2D eigenvalue weighted by molar-refractivity contribution is -0.116. The van der Waals surface area contributed by atoms with Crippen molar-refractivity contribution in [2.45, 2.75) is 31.7 Å². The largest absolute Gasteiger partial charge is 0.399 e. The van der Waals surface area contributed by atoms with Gasteiger partial charge in [-0.15, -0.1) is 0 Å². The number of hydrogen-bond donors (Lipinski definition) is 2. The zero-order valence-corrected chi connectivity index (χ0v) is 11.0. The monoisotopic (exact) mass is 267 g/mol. The zero-order chi connectivity index (χ0) is 13.1. The molecule has 18 heavy (non-hydrogen) atoms. The molecule has 0 atom stereocenters. The van der Waals surface area contributed by atoms with Gasteiger partial charge in [0.2, 0.25) is 5.91 Å². The number of nitrogens with zero attached hydrogens (tertiary/aromatic N) is 1. The molecular weight excluding hydrogens is 250 g/mol. The second-order valence-corrected chi connectivity index (χ2v) is 5.15. The number of nitrogens with two attached hydrogens (primary N) is 2. The molecule has 0 aliphatic heterocycles. The number of primary amides is 1. The molecule has 0 bridgehead atoms. The number of carbonyl (C=O) groups excluding carboxylic acids is 1. The SMILES string of the molecule is NC(=O)CN(c1ccc(N)cc1Cl)C1CCCC1. The predicted octanol–water partition coefficient (Wildman–Crippen LogP) is 2.16. The summed E-state index contributed by atoms with van der Waals surface area (Å²) in [7, 11) is 0. The van der Waals surface area contributed by atoms with Crippen LogP contribution in [0.25, 0.3) is 0 Å². The van der Waals surface area contributed by atoms with E-state index in [-0.39, 0.29) is 12.5 Å². The van der Waals surface area contributed by atoms with Crippen molar-refractivity contribution in [1.29, 1.82) is 0 Å². The lowest BCUT2D eigenvalue weighted by atomic mass is 10.1. The molecule has 0 aromatic heterocycles. The van der Waals surface area contributed by atoms with Crippen LogP contribution in [0.3, 0.4) is 0 Å². The number of nitrogen functional groups attached to an aromatic ring is 1. The Bertz CT molecular complexity index is 444. The molecule has 1 aliphatic carbocycles. The maximum absolute atomic E-state index is 11.2. The fourth-order valence-electron chi connectivity index (χ4n) is 2.55. The quantitative estimate of drug-likeness (QED) is 0.821. The smallest absolute Gasteiger partial charge is 0.236 e. The summed E-state index contributed by atoms with van der Waals surface area (Å²) in [6.45, 7) is 0.203. The third-order valence-electron chi connectivity index (χ3n) is 3.37. The molecule has 1 fully saturated rings. The van der Waals surface area contributed by atoms with Gasteiger partial charge in [0.05, 0.1) is 17.3 Å². The van der Waals surface area contributed by atoms with Gasteiger partial charge in [-0.1, -0.05) is 24.4 Å². The third-order valence-corrected chi connectivity index (χ3v) is 3.68. The highest BCUT2D eigenvalue weighted by Crippen LogP contribution is 2.33. The van der Waals surface area contributed by atoms with Crippen LogP contribution in [0.2, 0.25) is 5.02 Å². The first-order chi connectivity index (χ1) is 8.58. The molecule has 0 spiro atoms. The third kappa shape index (κ3) is 2.88. The van der Waals surface area contributed by atoms with Crippen molar-refractivity contribution in [2.24, 2.45) is 5.73 Å². The van der Waals surface area contributed by atoms with Crippen LogP contribution in [0, 0.1) is 0 Å². The summed E-state index contributed by atoms with van der Waals surface area (Å²) in [5, 5.41) is 0.572. The molecule has 0 radical (unpaired) electrons. The molecule has 4 N–H and O–H groups in total. The van der Waals surface area contributed by atoms with Gasteiger partial charge in [0.1, 0.15) is 0 Å². The molecular formula is C13H18ClN3O. The van der Waals surface area contributed by atoms with E-state index < -0.39 is 0 Å². The second-order valence-electron chi connectivity index (χ2n) is 4.74. The van der Waals surface area contributed by atoms with E-state index in [0.717, 1.165) is 18.5 Å². The number of rotatable bonds is 4. The van der Waals surface area contributed by atoms with Crippen LogP contribution in [0.5, 0.6) is 0 Å². The van der Waals surface area contributed by atoms with E-state index in [1.54, 1.807) is 12.1 Å². The predicted molar refractivity (Wildman–Crippen MR) is 74.7 cm³/mol. The molecule has 98 valence electrons. The summed E-state index contributed by atoms with van der Waals surface area (Å²) in [5.41, 5.74) is 12.5. The first kappa shape index (κ1) is 13.0. The van der Waals surface area contributed by atoms with Gasteiger partial charge in [-0.3, -0.25) is 4.79 Å². The van der Waals surface area contributed by atoms with Crippen LogP contribution in [0.4, 0.5) is 11.4 Å². The Morgan fingerprint density at radius 3 is 2.61 bits per heavy atom. The average molecular weight is 268 g/mol. The molecule has 1 amide bonds. The van der Waals surface area contributed by atoms with Crippen molar-refractivity contribution >= 4 is 28.9 Å². The summed E-state index contributed by atoms with van der Waals surface area (Å²) < 4.78 is 0. The first-order valence-electron chi connectivity index (χ1n) is 6.18. The van der Waals surface area contributed by atoms with Crippen LogP contribution >= 0.6 is 11.6 Å². The van der Waals surface area contributed by atoms with Crippen molar-refractivity contribution in [3.05, 3.63) is 23.2 Å². The Morgan fingerprint density at radius 1 is 1.39 bits per heavy atom. The van der Waals surface area contributed by atoms with Crippen LogP contribution in [0.15, 0.2) is 18.2 Å². The van der Waals surface area contributed by atoms with E-state index in [9.17, 15) is 4.79 Å². The first-order valence-corrected chi connectivity index (χ1v) is 6.55. The second kappa shape index (κ2) is 5.48. The number of anilines is 2. The van der Waals surface area contributed by atoms with Crippen LogP contribution < -0.4 is 16.4 Å². The van der Waals surface area contributed by atoms with Crippen LogP contribution in [0.1, 0.15) is 25.7 Å². The van der Waals surface area contributed by atoms with Gasteiger partial charge < -0.3 is 16.4 Å². The Labute approximate surface area is 112 Å². The Morgan fingerprint density at radius 2 is 2.06 bits per heavy atom. The fraction of sp³-hybridized carbons (Fsp3) is 0.462. The fourth-order valence-corrected chi connectivity index (χ4v) is 2.85. The van der Waals surface area contributed by atoms with Gasteiger partial charge in [0.25, 0.3) is 0 Å². The molecule has 1 saturated carbocycles. The van der Waals surface area contributed by atoms with Gasteiger partial charge in [-0.25, -0.2) is 0 Å². The van der Waals surface area contributed by atoms with E-state index >= 15 is 0 Å². The Kier molecular flexibility index (Phi) is 3.97. The Hall–Kier alpha value is -1.42. The molecule has 0 saturated heterocycles. The van der Waals surface area contributed by atoms with Gasteiger partial charge in [-0.05, 0) is 31.0 Å². The number of amides is 1. The summed E-state index contributed by atoms with van der Waals surface area (Å²) in [5.74, 6) is -0.338. The normalized spacial score (nSPS) is 15.8. The summed E-state index contributed by atoms with van der Waals surface area (Å²) in [4.78, 5) is 13.2. The van der Waals surface area contributed by atoms with Gasteiger partial charge >= 0.3 is 0 Å². The van der Waals surface area contributed by atoms with Crippen molar-refractivity contribution in [3.8, 4) is 0 Å². The highest BCUT2D eigenvalue weighted by molar-refractivity contribution is 6.33.